The van der Waals surface area contributed by atoms with Crippen molar-refractivity contribution >= 4 is 44.0 Å². The molecular weight excluding hydrogens is 464 g/mol. The zero-order valence-corrected chi connectivity index (χ0v) is 20.3. The van der Waals surface area contributed by atoms with Crippen molar-refractivity contribution < 1.29 is 27.5 Å². The fourth-order valence-corrected chi connectivity index (χ4v) is 6.21. The number of esters is 1. The molecule has 2 aromatic rings. The number of carbonyl (C=O) groups excluding carboxylic acids is 3. The molecule has 2 heterocycles. The van der Waals surface area contributed by atoms with Crippen LogP contribution in [0.4, 0.5) is 5.00 Å². The van der Waals surface area contributed by atoms with Crippen LogP contribution in [0.5, 0.6) is 0 Å². The van der Waals surface area contributed by atoms with Gasteiger partial charge in [-0.05, 0) is 25.8 Å². The van der Waals surface area contributed by atoms with E-state index in [-0.39, 0.29) is 23.0 Å². The number of rotatable bonds is 7. The summed E-state index contributed by atoms with van der Waals surface area (Å²) >= 11 is 1.19. The minimum atomic E-state index is -3.15. The number of allylic oxidation sites excluding steroid dienone is 1. The van der Waals surface area contributed by atoms with E-state index in [9.17, 15) is 22.8 Å². The first-order valence-electron chi connectivity index (χ1n) is 10.3. The van der Waals surface area contributed by atoms with E-state index in [1.54, 1.807) is 19.2 Å². The number of nitrogens with zero attached hydrogens (tertiary/aromatic N) is 1. The predicted octanol–water partition coefficient (Wildman–Crippen LogP) is 3.12. The van der Waals surface area contributed by atoms with Gasteiger partial charge >= 0.3 is 5.97 Å². The maximum atomic E-state index is 13.0. The summed E-state index contributed by atoms with van der Waals surface area (Å²) < 4.78 is 28.7. The Morgan fingerprint density at radius 1 is 1.21 bits per heavy atom. The summed E-state index contributed by atoms with van der Waals surface area (Å²) in [5.74, 6) is -1.66. The molecule has 1 aromatic heterocycles. The van der Waals surface area contributed by atoms with E-state index in [0.717, 1.165) is 11.1 Å². The third-order valence-electron chi connectivity index (χ3n) is 5.21. The molecule has 33 heavy (non-hydrogen) atoms. The van der Waals surface area contributed by atoms with Gasteiger partial charge in [0.25, 0.3) is 5.91 Å². The van der Waals surface area contributed by atoms with Crippen LogP contribution in [0.3, 0.4) is 0 Å². The van der Waals surface area contributed by atoms with Gasteiger partial charge < -0.3 is 15.0 Å². The van der Waals surface area contributed by atoms with E-state index in [1.165, 1.54) is 29.4 Å². The highest BCUT2D eigenvalue weighted by molar-refractivity contribution is 7.91. The zero-order chi connectivity index (χ0) is 24.2. The molecule has 1 saturated heterocycles. The number of benzene rings is 1. The number of carbonyl (C=O) groups is 3. The Balaban J connectivity index is 1.78. The lowest BCUT2D eigenvalue weighted by Crippen LogP contribution is -2.40. The second kappa shape index (κ2) is 10.3. The molecule has 0 spiro atoms. The highest BCUT2D eigenvalue weighted by atomic mass is 32.2. The molecule has 1 aliphatic rings. The number of thiophene rings is 1. The van der Waals surface area contributed by atoms with Crippen molar-refractivity contribution in [2.45, 2.75) is 26.3 Å². The van der Waals surface area contributed by atoms with Gasteiger partial charge in [-0.3, -0.25) is 9.59 Å². The number of ether oxygens (including phenoxy) is 1. The summed E-state index contributed by atoms with van der Waals surface area (Å²) in [4.78, 5) is 39.1. The van der Waals surface area contributed by atoms with Gasteiger partial charge in [0.15, 0.2) is 16.4 Å². The van der Waals surface area contributed by atoms with Crippen molar-refractivity contribution in [2.75, 3.05) is 30.5 Å². The second-order valence-electron chi connectivity index (χ2n) is 8.07. The largest absolute Gasteiger partial charge is 0.452 e. The van der Waals surface area contributed by atoms with Crippen LogP contribution in [0.2, 0.25) is 0 Å². The van der Waals surface area contributed by atoms with E-state index < -0.39 is 34.4 Å². The average molecular weight is 491 g/mol. The van der Waals surface area contributed by atoms with Crippen LogP contribution in [0, 0.1) is 0 Å². The van der Waals surface area contributed by atoms with Crippen LogP contribution in [-0.2, 0) is 24.2 Å². The maximum absolute atomic E-state index is 13.0. The minimum absolute atomic E-state index is 0.0408. The first-order valence-corrected chi connectivity index (χ1v) is 13.0. The Hall–Kier alpha value is -2.98. The number of hydrogen-bond acceptors (Lipinski definition) is 7. The zero-order valence-electron chi connectivity index (χ0n) is 18.7. The maximum Gasteiger partial charge on any atom is 0.342 e. The molecule has 1 aromatic carbocycles. The van der Waals surface area contributed by atoms with Gasteiger partial charge in [-0.15, -0.1) is 11.3 Å². The van der Waals surface area contributed by atoms with E-state index in [2.05, 4.69) is 5.32 Å². The highest BCUT2D eigenvalue weighted by Crippen LogP contribution is 2.36. The van der Waals surface area contributed by atoms with Crippen LogP contribution < -0.4 is 5.32 Å². The van der Waals surface area contributed by atoms with Crippen molar-refractivity contribution in [1.82, 2.24) is 4.90 Å². The molecule has 2 amide bonds. The molecule has 0 aliphatic carbocycles. The van der Waals surface area contributed by atoms with Crippen molar-refractivity contribution in [3.05, 3.63) is 52.9 Å². The molecule has 3 rings (SSSR count). The van der Waals surface area contributed by atoms with Gasteiger partial charge in [0.05, 0.1) is 11.5 Å². The van der Waals surface area contributed by atoms with Gasteiger partial charge in [0, 0.05) is 30.1 Å². The quantitative estimate of drug-likeness (QED) is 0.472. The van der Waals surface area contributed by atoms with E-state index in [1.807, 2.05) is 30.3 Å². The number of nitrogens with one attached hydrogen (secondary N) is 1. The lowest BCUT2D eigenvalue weighted by molar-refractivity contribution is -0.134. The number of anilines is 1. The number of hydrogen-bond donors (Lipinski definition) is 1. The van der Waals surface area contributed by atoms with Crippen molar-refractivity contribution in [1.29, 1.82) is 0 Å². The van der Waals surface area contributed by atoms with Gasteiger partial charge in [-0.1, -0.05) is 35.9 Å². The summed E-state index contributed by atoms with van der Waals surface area (Å²) in [6.45, 7) is 3.05. The van der Waals surface area contributed by atoms with Crippen LogP contribution in [-0.4, -0.2) is 62.3 Å². The van der Waals surface area contributed by atoms with Gasteiger partial charge in [0.1, 0.15) is 10.6 Å². The third-order valence-corrected chi connectivity index (χ3v) is 7.86. The first-order chi connectivity index (χ1) is 15.6. The molecule has 0 radical (unpaired) electrons. The summed E-state index contributed by atoms with van der Waals surface area (Å²) in [7, 11) is -1.64. The molecule has 176 valence electrons. The molecule has 0 bridgehead atoms. The summed E-state index contributed by atoms with van der Waals surface area (Å²) in [5.41, 5.74) is 2.32. The number of amides is 2. The highest BCUT2D eigenvalue weighted by Gasteiger charge is 2.33. The Labute approximate surface area is 197 Å². The Morgan fingerprint density at radius 2 is 1.91 bits per heavy atom. The molecule has 1 fully saturated rings. The first kappa shape index (κ1) is 24.7. The minimum Gasteiger partial charge on any atom is -0.452 e. The normalized spacial score (nSPS) is 16.6. The number of sulfone groups is 1. The van der Waals surface area contributed by atoms with E-state index in [4.69, 9.17) is 4.74 Å². The topological polar surface area (TPSA) is 110 Å². The molecular formula is C23H26N2O6S2. The van der Waals surface area contributed by atoms with Crippen molar-refractivity contribution in [3.63, 3.8) is 0 Å². The van der Waals surface area contributed by atoms with Gasteiger partial charge in [-0.2, -0.15) is 0 Å². The molecule has 10 heteroatoms. The van der Waals surface area contributed by atoms with Gasteiger partial charge in [0.2, 0.25) is 5.91 Å². The van der Waals surface area contributed by atoms with E-state index >= 15 is 0 Å². The monoisotopic (exact) mass is 490 g/mol. The molecule has 1 N–H and O–H groups in total. The molecule has 1 atom stereocenters. The van der Waals surface area contributed by atoms with Crippen molar-refractivity contribution in [3.8, 4) is 11.1 Å². The molecule has 1 aliphatic heterocycles. The van der Waals surface area contributed by atoms with Crippen LogP contribution in [0.25, 0.3) is 11.1 Å². The van der Waals surface area contributed by atoms with Crippen LogP contribution in [0.15, 0.2) is 47.4 Å². The van der Waals surface area contributed by atoms with Crippen LogP contribution in [0.1, 0.15) is 30.6 Å². The number of likely N-dealkylation sites (N-methyl/N-ethyl adjacent to an activating group) is 1. The summed E-state index contributed by atoms with van der Waals surface area (Å²) in [5, 5.41) is 4.79. The Kier molecular flexibility index (Phi) is 7.70. The fraction of sp³-hybridized carbons (Fsp3) is 0.348. The van der Waals surface area contributed by atoms with E-state index in [0.29, 0.717) is 17.0 Å². The molecule has 8 nitrogen and oxygen atoms in total. The SMILES string of the molecule is CC(C)=CC(=O)Nc1scc(-c2ccccc2)c1C(=O)OCC(=O)N(C)[C@@H]1CCS(=O)(=O)C1. The smallest absolute Gasteiger partial charge is 0.342 e. The lowest BCUT2D eigenvalue weighted by Gasteiger charge is -2.23. The third kappa shape index (κ3) is 6.29. The molecule has 0 saturated carbocycles. The van der Waals surface area contributed by atoms with Gasteiger partial charge in [-0.25, -0.2) is 13.2 Å². The fourth-order valence-electron chi connectivity index (χ4n) is 3.48. The predicted molar refractivity (Wildman–Crippen MR) is 128 cm³/mol. The lowest BCUT2D eigenvalue weighted by atomic mass is 10.0. The summed E-state index contributed by atoms with van der Waals surface area (Å²) in [6, 6.07) is 8.75. The average Bonchev–Trinajstić information content (AvgIpc) is 3.34. The Morgan fingerprint density at radius 3 is 2.52 bits per heavy atom. The van der Waals surface area contributed by atoms with Crippen molar-refractivity contribution in [2.24, 2.45) is 0 Å². The van der Waals surface area contributed by atoms with Crippen LogP contribution >= 0.6 is 11.3 Å². The summed E-state index contributed by atoms with van der Waals surface area (Å²) in [6.07, 6.45) is 1.78. The Bertz CT molecular complexity index is 1180. The second-order valence-corrected chi connectivity index (χ2v) is 11.2. The standard InChI is InChI=1S/C23H26N2O6S2/c1-15(2)11-19(26)24-22-21(18(13-32-22)16-7-5-4-6-8-16)23(28)31-12-20(27)25(3)17-9-10-33(29,30)14-17/h4-8,11,13,17H,9-10,12,14H2,1-3H3,(H,24,26)/t17-/m1/s1. The molecule has 0 unspecified atom stereocenters.